The lowest BCUT2D eigenvalue weighted by Gasteiger charge is -2.16. The molecule has 0 aliphatic heterocycles. The van der Waals surface area contributed by atoms with Crippen molar-refractivity contribution in [2.45, 2.75) is 60.3 Å². The van der Waals surface area contributed by atoms with Crippen molar-refractivity contribution >= 4 is 24.3 Å². The number of aryl methyl sites for hydroxylation is 2. The number of ether oxygens (including phenoxy) is 6. The Morgan fingerprint density at radius 3 is 1.29 bits per heavy atom. The zero-order chi connectivity index (χ0) is 32.9. The molecule has 6 heteroatoms. The fraction of sp³-hybridized carbons (Fsp3) is 0.436. The number of hydrogen-bond donors (Lipinski definition) is 0. The van der Waals surface area contributed by atoms with Gasteiger partial charge in [-0.1, -0.05) is 64.3 Å². The lowest BCUT2D eigenvalue weighted by atomic mass is 9.97. The predicted octanol–water partition coefficient (Wildman–Crippen LogP) is 9.92. The predicted molar refractivity (Wildman–Crippen MR) is 187 cm³/mol. The highest BCUT2D eigenvalue weighted by Gasteiger charge is 2.13. The van der Waals surface area contributed by atoms with Crippen LogP contribution in [-0.4, -0.2) is 42.2 Å². The van der Waals surface area contributed by atoms with Crippen LogP contribution in [0.4, 0.5) is 0 Å². The first kappa shape index (κ1) is 35.4. The van der Waals surface area contributed by atoms with Gasteiger partial charge in [-0.15, -0.1) is 0 Å². The molecule has 3 aromatic carbocycles. The summed E-state index contributed by atoms with van der Waals surface area (Å²) in [6.07, 6.45) is 12.8. The molecule has 0 aromatic heterocycles. The van der Waals surface area contributed by atoms with Crippen molar-refractivity contribution < 1.29 is 28.4 Å². The SMILES string of the molecule is COc1cc(C=Cc2cc(OCCC(C)CCCC(C)C)c(C=Cc3cc(OC)c(C)cc3OC)cc2OC)c(OC)cc1C. The molecule has 0 saturated carbocycles. The van der Waals surface area contributed by atoms with Crippen LogP contribution in [-0.2, 0) is 0 Å². The summed E-state index contributed by atoms with van der Waals surface area (Å²) in [5, 5.41) is 0. The summed E-state index contributed by atoms with van der Waals surface area (Å²) in [7, 11) is 8.39. The molecule has 45 heavy (non-hydrogen) atoms. The Morgan fingerprint density at radius 2 is 0.867 bits per heavy atom. The molecule has 6 nitrogen and oxygen atoms in total. The molecule has 0 amide bonds. The van der Waals surface area contributed by atoms with Crippen LogP contribution in [0.25, 0.3) is 24.3 Å². The molecule has 1 atom stereocenters. The summed E-state index contributed by atoms with van der Waals surface area (Å²) >= 11 is 0. The highest BCUT2D eigenvalue weighted by molar-refractivity contribution is 5.81. The number of rotatable bonds is 17. The van der Waals surface area contributed by atoms with Crippen molar-refractivity contribution in [3.8, 4) is 34.5 Å². The van der Waals surface area contributed by atoms with E-state index in [4.69, 9.17) is 28.4 Å². The third kappa shape index (κ3) is 9.97. The van der Waals surface area contributed by atoms with Crippen molar-refractivity contribution in [3.63, 3.8) is 0 Å². The van der Waals surface area contributed by atoms with Gasteiger partial charge in [0.25, 0.3) is 0 Å². The van der Waals surface area contributed by atoms with Gasteiger partial charge in [0, 0.05) is 22.3 Å². The summed E-state index contributed by atoms with van der Waals surface area (Å²) in [4.78, 5) is 0. The van der Waals surface area contributed by atoms with Crippen LogP contribution in [0.3, 0.4) is 0 Å². The Labute approximate surface area is 271 Å². The van der Waals surface area contributed by atoms with E-state index in [0.717, 1.165) is 80.2 Å². The third-order valence-corrected chi connectivity index (χ3v) is 8.09. The smallest absolute Gasteiger partial charge is 0.127 e. The van der Waals surface area contributed by atoms with Crippen LogP contribution in [0.1, 0.15) is 79.8 Å². The first-order chi connectivity index (χ1) is 21.6. The second-order valence-corrected chi connectivity index (χ2v) is 12.0. The molecule has 0 N–H and O–H groups in total. The van der Waals surface area contributed by atoms with Crippen LogP contribution in [0, 0.1) is 25.7 Å². The van der Waals surface area contributed by atoms with E-state index in [0.29, 0.717) is 12.5 Å². The maximum absolute atomic E-state index is 6.49. The van der Waals surface area contributed by atoms with Crippen molar-refractivity contribution in [3.05, 3.63) is 69.8 Å². The highest BCUT2D eigenvalue weighted by Crippen LogP contribution is 2.36. The van der Waals surface area contributed by atoms with Gasteiger partial charge in [0.15, 0.2) is 0 Å². The molecule has 0 aliphatic carbocycles. The van der Waals surface area contributed by atoms with E-state index in [1.54, 1.807) is 35.5 Å². The summed E-state index contributed by atoms with van der Waals surface area (Å²) in [5.41, 5.74) is 5.64. The van der Waals surface area contributed by atoms with Gasteiger partial charge < -0.3 is 28.4 Å². The molecule has 0 fully saturated rings. The van der Waals surface area contributed by atoms with E-state index in [1.807, 2.05) is 74.5 Å². The number of benzene rings is 3. The molecule has 0 radical (unpaired) electrons. The molecular weight excluding hydrogens is 564 g/mol. The summed E-state index contributed by atoms with van der Waals surface area (Å²) in [6, 6.07) is 12.0. The molecule has 0 spiro atoms. The van der Waals surface area contributed by atoms with Crippen molar-refractivity contribution in [2.24, 2.45) is 11.8 Å². The lowest BCUT2D eigenvalue weighted by Crippen LogP contribution is -2.06. The van der Waals surface area contributed by atoms with Gasteiger partial charge >= 0.3 is 0 Å². The normalized spacial score (nSPS) is 12.2. The van der Waals surface area contributed by atoms with E-state index < -0.39 is 0 Å². The summed E-state index contributed by atoms with van der Waals surface area (Å²) < 4.78 is 34.8. The standard InChI is InChI=1S/C39H52O6/c1-26(2)12-11-13-27(3)18-19-45-39-25-32(15-14-30-22-34(40-6)28(4)20-36(30)42-8)38(44-10)24-33(39)17-16-31-23-35(41-7)29(5)21-37(31)43-9/h14-17,20-27H,11-13,18-19H2,1-10H3. The van der Waals surface area contributed by atoms with Crippen molar-refractivity contribution in [2.75, 3.05) is 42.2 Å². The van der Waals surface area contributed by atoms with E-state index in [1.165, 1.54) is 19.3 Å². The Morgan fingerprint density at radius 1 is 0.489 bits per heavy atom. The minimum Gasteiger partial charge on any atom is -0.496 e. The van der Waals surface area contributed by atoms with Gasteiger partial charge in [0.1, 0.15) is 34.5 Å². The first-order valence-electron chi connectivity index (χ1n) is 15.8. The van der Waals surface area contributed by atoms with Crippen LogP contribution in [0.5, 0.6) is 34.5 Å². The molecule has 3 rings (SSSR count). The average molecular weight is 617 g/mol. The molecule has 0 saturated heterocycles. The van der Waals surface area contributed by atoms with E-state index in [2.05, 4.69) is 20.8 Å². The zero-order valence-corrected chi connectivity index (χ0v) is 28.9. The zero-order valence-electron chi connectivity index (χ0n) is 28.9. The van der Waals surface area contributed by atoms with E-state index >= 15 is 0 Å². The topological polar surface area (TPSA) is 55.4 Å². The van der Waals surface area contributed by atoms with Gasteiger partial charge in [-0.3, -0.25) is 0 Å². The summed E-state index contributed by atoms with van der Waals surface area (Å²) in [5.74, 6) is 6.00. The van der Waals surface area contributed by atoms with Gasteiger partial charge in [-0.2, -0.15) is 0 Å². The fourth-order valence-electron chi connectivity index (χ4n) is 5.31. The Kier molecular flexibility index (Phi) is 13.7. The number of hydrogen-bond acceptors (Lipinski definition) is 6. The maximum atomic E-state index is 6.49. The molecule has 1 unspecified atom stereocenters. The second kappa shape index (κ2) is 17.4. The van der Waals surface area contributed by atoms with Gasteiger partial charge in [0.05, 0.1) is 42.2 Å². The monoisotopic (exact) mass is 616 g/mol. The fourth-order valence-corrected chi connectivity index (χ4v) is 5.31. The van der Waals surface area contributed by atoms with Gasteiger partial charge in [0.2, 0.25) is 0 Å². The second-order valence-electron chi connectivity index (χ2n) is 12.0. The lowest BCUT2D eigenvalue weighted by molar-refractivity contribution is 0.275. The van der Waals surface area contributed by atoms with Crippen LogP contribution >= 0.6 is 0 Å². The van der Waals surface area contributed by atoms with E-state index in [9.17, 15) is 0 Å². The first-order valence-corrected chi connectivity index (χ1v) is 15.8. The molecule has 3 aromatic rings. The molecule has 0 bridgehead atoms. The Balaban J connectivity index is 2.00. The minimum atomic E-state index is 0.591. The number of methoxy groups -OCH3 is 5. The van der Waals surface area contributed by atoms with Crippen LogP contribution < -0.4 is 28.4 Å². The van der Waals surface area contributed by atoms with Crippen molar-refractivity contribution in [1.29, 1.82) is 0 Å². The highest BCUT2D eigenvalue weighted by atomic mass is 16.5. The third-order valence-electron chi connectivity index (χ3n) is 8.09. The van der Waals surface area contributed by atoms with Crippen LogP contribution in [0.2, 0.25) is 0 Å². The molecular formula is C39H52O6. The van der Waals surface area contributed by atoms with Gasteiger partial charge in [-0.25, -0.2) is 0 Å². The summed E-state index contributed by atoms with van der Waals surface area (Å²) in [6.45, 7) is 11.5. The van der Waals surface area contributed by atoms with Crippen LogP contribution in [0.15, 0.2) is 36.4 Å². The molecule has 0 heterocycles. The molecule has 0 aliphatic rings. The maximum Gasteiger partial charge on any atom is 0.127 e. The van der Waals surface area contributed by atoms with Crippen molar-refractivity contribution in [1.82, 2.24) is 0 Å². The average Bonchev–Trinajstić information content (AvgIpc) is 3.03. The van der Waals surface area contributed by atoms with Gasteiger partial charge in [-0.05, 0) is 79.6 Å². The largest absolute Gasteiger partial charge is 0.496 e. The molecule has 244 valence electrons. The quantitative estimate of drug-likeness (QED) is 0.141. The van der Waals surface area contributed by atoms with E-state index in [-0.39, 0.29) is 0 Å². The minimum absolute atomic E-state index is 0.591. The Bertz CT molecular complexity index is 1450. The Hall–Kier alpha value is -4.06.